The molecule has 1 saturated carbocycles. The van der Waals surface area contributed by atoms with Crippen molar-refractivity contribution in [2.75, 3.05) is 26.2 Å². The molecule has 0 spiro atoms. The van der Waals surface area contributed by atoms with Crippen LogP contribution >= 0.6 is 0 Å². The number of amides is 1. The molecule has 1 unspecified atom stereocenters. The fourth-order valence-electron chi connectivity index (χ4n) is 4.32. The Labute approximate surface area is 129 Å². The van der Waals surface area contributed by atoms with Gasteiger partial charge in [-0.3, -0.25) is 9.69 Å². The highest BCUT2D eigenvalue weighted by Gasteiger charge is 2.32. The van der Waals surface area contributed by atoms with Gasteiger partial charge in [0.2, 0.25) is 5.91 Å². The average molecular weight is 293 g/mol. The predicted octanol–water partition coefficient (Wildman–Crippen LogP) is 1.98. The van der Waals surface area contributed by atoms with Gasteiger partial charge in [0.15, 0.2) is 0 Å². The van der Waals surface area contributed by atoms with E-state index >= 15 is 0 Å². The summed E-state index contributed by atoms with van der Waals surface area (Å²) in [6.07, 6.45) is 10.5. The summed E-state index contributed by atoms with van der Waals surface area (Å²) in [5, 5.41) is 0. The number of likely N-dealkylation sites (tertiary alicyclic amines) is 2. The summed E-state index contributed by atoms with van der Waals surface area (Å²) in [6.45, 7) is 4.44. The maximum atomic E-state index is 12.5. The second-order valence-corrected chi connectivity index (χ2v) is 7.36. The van der Waals surface area contributed by atoms with E-state index in [2.05, 4.69) is 9.80 Å². The molecule has 0 radical (unpaired) electrons. The van der Waals surface area contributed by atoms with Gasteiger partial charge in [-0.1, -0.05) is 6.42 Å². The first-order chi connectivity index (χ1) is 10.2. The van der Waals surface area contributed by atoms with Gasteiger partial charge in [-0.25, -0.2) is 0 Å². The number of carbonyl (C=O) groups is 1. The SMILES string of the molecule is NC1CCC(CC(=O)N2CCC(N3CCCCC3)C2)CC1. The third kappa shape index (κ3) is 3.98. The number of hydrogen-bond donors (Lipinski definition) is 1. The maximum absolute atomic E-state index is 12.5. The zero-order valence-corrected chi connectivity index (χ0v) is 13.3. The summed E-state index contributed by atoms with van der Waals surface area (Å²) >= 11 is 0. The summed E-state index contributed by atoms with van der Waals surface area (Å²) < 4.78 is 0. The second kappa shape index (κ2) is 7.10. The normalized spacial score (nSPS) is 35.1. The van der Waals surface area contributed by atoms with E-state index in [0.29, 0.717) is 23.9 Å². The lowest BCUT2D eigenvalue weighted by molar-refractivity contribution is -0.131. The van der Waals surface area contributed by atoms with Crippen LogP contribution in [0.2, 0.25) is 0 Å². The van der Waals surface area contributed by atoms with E-state index in [-0.39, 0.29) is 0 Å². The largest absolute Gasteiger partial charge is 0.341 e. The van der Waals surface area contributed by atoms with Crippen molar-refractivity contribution in [2.24, 2.45) is 11.7 Å². The first kappa shape index (κ1) is 15.3. The lowest BCUT2D eigenvalue weighted by Crippen LogP contribution is -2.42. The Kier molecular flexibility index (Phi) is 5.17. The van der Waals surface area contributed by atoms with Crippen molar-refractivity contribution in [2.45, 2.75) is 69.9 Å². The van der Waals surface area contributed by atoms with E-state index in [1.54, 1.807) is 0 Å². The van der Waals surface area contributed by atoms with E-state index in [9.17, 15) is 4.79 Å². The standard InChI is InChI=1S/C17H31N3O/c18-15-6-4-14(5-7-15)12-17(21)20-11-8-16(13-20)19-9-2-1-3-10-19/h14-16H,1-13,18H2. The summed E-state index contributed by atoms with van der Waals surface area (Å²) in [4.78, 5) is 17.3. The molecule has 2 N–H and O–H groups in total. The Morgan fingerprint density at radius 3 is 2.38 bits per heavy atom. The van der Waals surface area contributed by atoms with E-state index < -0.39 is 0 Å². The molecule has 1 aliphatic carbocycles. The van der Waals surface area contributed by atoms with Crippen LogP contribution < -0.4 is 5.73 Å². The molecular weight excluding hydrogens is 262 g/mol. The molecule has 4 heteroatoms. The highest BCUT2D eigenvalue weighted by molar-refractivity contribution is 5.76. The van der Waals surface area contributed by atoms with Gasteiger partial charge in [0.25, 0.3) is 0 Å². The molecule has 0 bridgehead atoms. The highest BCUT2D eigenvalue weighted by atomic mass is 16.2. The number of nitrogens with two attached hydrogens (primary N) is 1. The Balaban J connectivity index is 1.43. The minimum atomic E-state index is 0.381. The van der Waals surface area contributed by atoms with E-state index in [0.717, 1.165) is 45.2 Å². The first-order valence-corrected chi connectivity index (χ1v) is 9.00. The van der Waals surface area contributed by atoms with Crippen LogP contribution in [-0.4, -0.2) is 54.0 Å². The summed E-state index contributed by atoms with van der Waals surface area (Å²) in [5.41, 5.74) is 5.95. The molecule has 21 heavy (non-hydrogen) atoms. The van der Waals surface area contributed by atoms with Crippen LogP contribution in [0.1, 0.15) is 57.8 Å². The topological polar surface area (TPSA) is 49.6 Å². The van der Waals surface area contributed by atoms with Crippen LogP contribution in [0, 0.1) is 5.92 Å². The van der Waals surface area contributed by atoms with Crippen molar-refractivity contribution in [3.8, 4) is 0 Å². The van der Waals surface area contributed by atoms with Gasteiger partial charge >= 0.3 is 0 Å². The van der Waals surface area contributed by atoms with E-state index in [4.69, 9.17) is 5.73 Å². The Morgan fingerprint density at radius 2 is 1.67 bits per heavy atom. The zero-order valence-electron chi connectivity index (χ0n) is 13.3. The van der Waals surface area contributed by atoms with Crippen LogP contribution in [-0.2, 0) is 4.79 Å². The molecule has 0 aromatic heterocycles. The minimum absolute atomic E-state index is 0.381. The lowest BCUT2D eigenvalue weighted by Gasteiger charge is -2.32. The molecule has 1 atom stereocenters. The molecule has 3 fully saturated rings. The molecule has 120 valence electrons. The Hall–Kier alpha value is -0.610. The van der Waals surface area contributed by atoms with Gasteiger partial charge in [-0.2, -0.15) is 0 Å². The molecule has 2 aliphatic heterocycles. The molecule has 0 aromatic rings. The minimum Gasteiger partial charge on any atom is -0.341 e. The van der Waals surface area contributed by atoms with E-state index in [1.165, 1.54) is 38.8 Å². The second-order valence-electron chi connectivity index (χ2n) is 7.36. The number of piperidine rings is 1. The fourth-order valence-corrected chi connectivity index (χ4v) is 4.32. The number of hydrogen-bond acceptors (Lipinski definition) is 3. The summed E-state index contributed by atoms with van der Waals surface area (Å²) in [6, 6.07) is 1.01. The molecule has 4 nitrogen and oxygen atoms in total. The molecule has 0 aromatic carbocycles. The molecule has 2 saturated heterocycles. The van der Waals surface area contributed by atoms with E-state index in [1.807, 2.05) is 0 Å². The van der Waals surface area contributed by atoms with Crippen LogP contribution in [0.5, 0.6) is 0 Å². The fraction of sp³-hybridized carbons (Fsp3) is 0.941. The molecule has 2 heterocycles. The lowest BCUT2D eigenvalue weighted by atomic mass is 9.84. The van der Waals surface area contributed by atoms with Crippen molar-refractivity contribution >= 4 is 5.91 Å². The maximum Gasteiger partial charge on any atom is 0.222 e. The monoisotopic (exact) mass is 293 g/mol. The first-order valence-electron chi connectivity index (χ1n) is 9.00. The molecule has 3 aliphatic rings. The summed E-state index contributed by atoms with van der Waals surface area (Å²) in [5.74, 6) is 0.987. The van der Waals surface area contributed by atoms with Crippen molar-refractivity contribution in [3.63, 3.8) is 0 Å². The zero-order chi connectivity index (χ0) is 14.7. The van der Waals surface area contributed by atoms with Crippen LogP contribution in [0.4, 0.5) is 0 Å². The van der Waals surface area contributed by atoms with Gasteiger partial charge in [0, 0.05) is 31.6 Å². The Bertz CT molecular complexity index is 346. The number of carbonyl (C=O) groups excluding carboxylic acids is 1. The quantitative estimate of drug-likeness (QED) is 0.865. The van der Waals surface area contributed by atoms with Gasteiger partial charge in [-0.05, 0) is 64.0 Å². The van der Waals surface area contributed by atoms with Crippen molar-refractivity contribution in [1.82, 2.24) is 9.80 Å². The number of nitrogens with zero attached hydrogens (tertiary/aromatic N) is 2. The third-order valence-electron chi connectivity index (χ3n) is 5.78. The van der Waals surface area contributed by atoms with Crippen LogP contribution in [0.25, 0.3) is 0 Å². The van der Waals surface area contributed by atoms with Crippen molar-refractivity contribution in [3.05, 3.63) is 0 Å². The van der Waals surface area contributed by atoms with Gasteiger partial charge in [0.05, 0.1) is 0 Å². The Morgan fingerprint density at radius 1 is 0.952 bits per heavy atom. The smallest absolute Gasteiger partial charge is 0.222 e. The van der Waals surface area contributed by atoms with Crippen LogP contribution in [0.3, 0.4) is 0 Å². The van der Waals surface area contributed by atoms with Crippen LogP contribution in [0.15, 0.2) is 0 Å². The van der Waals surface area contributed by atoms with Gasteiger partial charge in [0.1, 0.15) is 0 Å². The summed E-state index contributed by atoms with van der Waals surface area (Å²) in [7, 11) is 0. The molecular formula is C17H31N3O. The highest BCUT2D eigenvalue weighted by Crippen LogP contribution is 2.28. The average Bonchev–Trinajstić information content (AvgIpc) is 3.00. The molecule has 3 rings (SSSR count). The van der Waals surface area contributed by atoms with Gasteiger partial charge < -0.3 is 10.6 Å². The number of rotatable bonds is 3. The van der Waals surface area contributed by atoms with Gasteiger partial charge in [-0.15, -0.1) is 0 Å². The third-order valence-corrected chi connectivity index (χ3v) is 5.78. The molecule has 1 amide bonds. The van der Waals surface area contributed by atoms with Crippen molar-refractivity contribution < 1.29 is 4.79 Å². The van der Waals surface area contributed by atoms with Crippen molar-refractivity contribution in [1.29, 1.82) is 0 Å². The predicted molar refractivity (Wildman–Crippen MR) is 85.0 cm³/mol.